The first-order chi connectivity index (χ1) is 6.72. The van der Waals surface area contributed by atoms with Crippen LogP contribution in [0.5, 0.6) is 0 Å². The molecule has 1 aromatic heterocycles. The largest absolute Gasteiger partial charge is 0.488 e. The van der Waals surface area contributed by atoms with Crippen LogP contribution in [0.4, 0.5) is 0 Å². The van der Waals surface area contributed by atoms with Crippen LogP contribution in [0.25, 0.3) is 0 Å². The lowest BCUT2D eigenvalue weighted by Gasteiger charge is -2.06. The molecule has 1 fully saturated rings. The summed E-state index contributed by atoms with van der Waals surface area (Å²) in [5.74, 6) is 0.395. The van der Waals surface area contributed by atoms with Crippen molar-refractivity contribution >= 4 is 12.6 Å². The fourth-order valence-corrected chi connectivity index (χ4v) is 1.50. The van der Waals surface area contributed by atoms with Gasteiger partial charge in [-0.2, -0.15) is 5.26 Å². The van der Waals surface area contributed by atoms with Gasteiger partial charge in [0.25, 0.3) is 0 Å². The van der Waals surface area contributed by atoms with Crippen molar-refractivity contribution in [3.8, 4) is 6.07 Å². The minimum absolute atomic E-state index is 0.220. The normalized spacial score (nSPS) is 14.9. The fourth-order valence-electron chi connectivity index (χ4n) is 1.50. The summed E-state index contributed by atoms with van der Waals surface area (Å²) in [4.78, 5) is 3.92. The van der Waals surface area contributed by atoms with Crippen molar-refractivity contribution in [2.45, 2.75) is 18.8 Å². The average Bonchev–Trinajstić information content (AvgIpc) is 3.00. The second kappa shape index (κ2) is 3.41. The van der Waals surface area contributed by atoms with E-state index in [0.717, 1.165) is 18.4 Å². The predicted octanol–water partition coefficient (Wildman–Crippen LogP) is -0.490. The molecule has 1 aliphatic rings. The van der Waals surface area contributed by atoms with E-state index in [1.165, 1.54) is 6.07 Å². The van der Waals surface area contributed by atoms with Crippen molar-refractivity contribution in [1.82, 2.24) is 4.98 Å². The molecular weight excluding hydrogens is 179 g/mol. The van der Waals surface area contributed by atoms with Gasteiger partial charge in [0.1, 0.15) is 11.8 Å². The number of rotatable bonds is 2. The van der Waals surface area contributed by atoms with E-state index in [1.807, 2.05) is 6.07 Å². The maximum atomic E-state index is 9.12. The summed E-state index contributed by atoms with van der Waals surface area (Å²) in [5, 5.41) is 26.9. The van der Waals surface area contributed by atoms with Crippen LogP contribution in [-0.2, 0) is 0 Å². The number of aromatic nitrogens is 1. The van der Waals surface area contributed by atoms with Gasteiger partial charge in [0.05, 0.1) is 0 Å². The van der Waals surface area contributed by atoms with E-state index in [9.17, 15) is 0 Å². The van der Waals surface area contributed by atoms with Crippen LogP contribution >= 0.6 is 0 Å². The van der Waals surface area contributed by atoms with Gasteiger partial charge in [0.2, 0.25) is 0 Å². The molecule has 2 N–H and O–H groups in total. The molecule has 0 bridgehead atoms. The van der Waals surface area contributed by atoms with Crippen LogP contribution in [-0.4, -0.2) is 22.2 Å². The van der Waals surface area contributed by atoms with Gasteiger partial charge in [-0.1, -0.05) is 0 Å². The smallest absolute Gasteiger partial charge is 0.423 e. The Morgan fingerprint density at radius 1 is 1.50 bits per heavy atom. The van der Waals surface area contributed by atoms with Crippen molar-refractivity contribution in [3.63, 3.8) is 0 Å². The number of hydrogen-bond acceptors (Lipinski definition) is 4. The third-order valence-electron chi connectivity index (χ3n) is 2.38. The third-order valence-corrected chi connectivity index (χ3v) is 2.38. The second-order valence-electron chi connectivity index (χ2n) is 3.46. The molecule has 0 aromatic carbocycles. The summed E-state index contributed by atoms with van der Waals surface area (Å²) in [6, 6.07) is 3.32. The van der Waals surface area contributed by atoms with Crippen LogP contribution in [0.15, 0.2) is 12.3 Å². The Kier molecular flexibility index (Phi) is 2.24. The number of nitrogens with zero attached hydrogens (tertiary/aromatic N) is 2. The Bertz CT molecular complexity index is 396. The molecular formula is C9H9BN2O2. The monoisotopic (exact) mass is 188 g/mol. The molecule has 1 aliphatic carbocycles. The quantitative estimate of drug-likeness (QED) is 0.614. The predicted molar refractivity (Wildman–Crippen MR) is 50.8 cm³/mol. The lowest BCUT2D eigenvalue weighted by molar-refractivity contribution is 0.425. The Labute approximate surface area is 82.0 Å². The summed E-state index contributed by atoms with van der Waals surface area (Å²) >= 11 is 0. The molecule has 70 valence electrons. The molecule has 2 rings (SSSR count). The first kappa shape index (κ1) is 9.19. The minimum Gasteiger partial charge on any atom is -0.423 e. The highest BCUT2D eigenvalue weighted by molar-refractivity contribution is 6.59. The van der Waals surface area contributed by atoms with Crippen LogP contribution < -0.4 is 5.46 Å². The zero-order valence-electron chi connectivity index (χ0n) is 7.51. The Hall–Kier alpha value is -1.38. The third kappa shape index (κ3) is 1.62. The van der Waals surface area contributed by atoms with Crippen LogP contribution in [0.3, 0.4) is 0 Å². The number of nitriles is 1. The average molecular weight is 188 g/mol. The summed E-state index contributed by atoms with van der Waals surface area (Å²) in [6.45, 7) is 0. The van der Waals surface area contributed by atoms with Crippen LogP contribution in [0.1, 0.15) is 30.0 Å². The van der Waals surface area contributed by atoms with Crippen molar-refractivity contribution < 1.29 is 10.0 Å². The van der Waals surface area contributed by atoms with Gasteiger partial charge in [0, 0.05) is 6.20 Å². The molecule has 0 spiro atoms. The first-order valence-corrected chi connectivity index (χ1v) is 4.48. The summed E-state index contributed by atoms with van der Waals surface area (Å²) in [6.07, 6.45) is 3.70. The molecule has 4 nitrogen and oxygen atoms in total. The van der Waals surface area contributed by atoms with Crippen molar-refractivity contribution in [1.29, 1.82) is 5.26 Å². The zero-order chi connectivity index (χ0) is 10.1. The number of hydrogen-bond donors (Lipinski definition) is 2. The lowest BCUT2D eigenvalue weighted by Crippen LogP contribution is -2.33. The van der Waals surface area contributed by atoms with Crippen LogP contribution in [0.2, 0.25) is 0 Å². The molecule has 0 aliphatic heterocycles. The maximum absolute atomic E-state index is 9.12. The van der Waals surface area contributed by atoms with E-state index in [-0.39, 0.29) is 5.69 Å². The summed E-state index contributed by atoms with van der Waals surface area (Å²) < 4.78 is 0. The minimum atomic E-state index is -1.51. The van der Waals surface area contributed by atoms with Crippen molar-refractivity contribution in [2.24, 2.45) is 0 Å². The molecule has 0 radical (unpaired) electrons. The molecule has 0 atom stereocenters. The summed E-state index contributed by atoms with van der Waals surface area (Å²) in [7, 11) is -1.51. The number of pyridine rings is 1. The van der Waals surface area contributed by atoms with Crippen LogP contribution in [0, 0.1) is 11.3 Å². The molecule has 0 unspecified atom stereocenters. The molecule has 5 heteroatoms. The maximum Gasteiger partial charge on any atom is 0.488 e. The highest BCUT2D eigenvalue weighted by Crippen LogP contribution is 2.38. The van der Waals surface area contributed by atoms with Gasteiger partial charge in [0.15, 0.2) is 0 Å². The van der Waals surface area contributed by atoms with Gasteiger partial charge >= 0.3 is 7.12 Å². The Balaban J connectivity index is 2.44. The van der Waals surface area contributed by atoms with Gasteiger partial charge in [-0.25, -0.2) is 4.98 Å². The van der Waals surface area contributed by atoms with Crippen molar-refractivity contribution in [3.05, 3.63) is 23.5 Å². The van der Waals surface area contributed by atoms with E-state index < -0.39 is 7.12 Å². The second-order valence-corrected chi connectivity index (χ2v) is 3.46. The van der Waals surface area contributed by atoms with E-state index in [1.54, 1.807) is 6.20 Å². The zero-order valence-corrected chi connectivity index (χ0v) is 7.51. The molecule has 0 amide bonds. The van der Waals surface area contributed by atoms with E-state index in [0.29, 0.717) is 11.4 Å². The highest BCUT2D eigenvalue weighted by atomic mass is 16.4. The SMILES string of the molecule is N#Cc1cc(B(O)O)c(C2CC2)cn1. The molecule has 14 heavy (non-hydrogen) atoms. The molecule has 1 heterocycles. The van der Waals surface area contributed by atoms with Gasteiger partial charge < -0.3 is 10.0 Å². The van der Waals surface area contributed by atoms with E-state index >= 15 is 0 Å². The van der Waals surface area contributed by atoms with Gasteiger partial charge in [-0.15, -0.1) is 0 Å². The van der Waals surface area contributed by atoms with Gasteiger partial charge in [-0.05, 0) is 35.9 Å². The standard InChI is InChI=1S/C9H9BN2O2/c11-4-7-3-9(10(13)14)8(5-12-7)6-1-2-6/h3,5-6,13-14H,1-2H2. The summed E-state index contributed by atoms with van der Waals surface area (Å²) in [5.41, 5.74) is 1.50. The lowest BCUT2D eigenvalue weighted by atomic mass is 9.76. The van der Waals surface area contributed by atoms with E-state index in [4.69, 9.17) is 15.3 Å². The molecule has 1 aromatic rings. The Morgan fingerprint density at radius 3 is 2.71 bits per heavy atom. The molecule has 1 saturated carbocycles. The van der Waals surface area contributed by atoms with Gasteiger partial charge in [-0.3, -0.25) is 0 Å². The Morgan fingerprint density at radius 2 is 2.21 bits per heavy atom. The fraction of sp³-hybridized carbons (Fsp3) is 0.333. The molecule has 0 saturated heterocycles. The topological polar surface area (TPSA) is 77.1 Å². The van der Waals surface area contributed by atoms with Crippen molar-refractivity contribution in [2.75, 3.05) is 0 Å². The van der Waals surface area contributed by atoms with E-state index in [2.05, 4.69) is 4.98 Å². The highest BCUT2D eigenvalue weighted by Gasteiger charge is 2.29. The first-order valence-electron chi connectivity index (χ1n) is 4.48.